The minimum Gasteiger partial charge on any atom is -0.370 e. The molecule has 0 aromatic heterocycles. The highest BCUT2D eigenvalue weighted by Crippen LogP contribution is 2.56. The highest BCUT2D eigenvalue weighted by molar-refractivity contribution is 7.56. The zero-order chi connectivity index (χ0) is 48.1. The van der Waals surface area contributed by atoms with Crippen molar-refractivity contribution in [3.05, 3.63) is 0 Å². The Balaban J connectivity index is 1.32. The van der Waals surface area contributed by atoms with Gasteiger partial charge in [-0.3, -0.25) is 28.3 Å². The van der Waals surface area contributed by atoms with Gasteiger partial charge >= 0.3 is 15.3 Å². The van der Waals surface area contributed by atoms with E-state index in [1.165, 1.54) is 0 Å². The summed E-state index contributed by atoms with van der Waals surface area (Å²) >= 11 is 0. The lowest BCUT2D eigenvalue weighted by atomic mass is 10.0. The van der Waals surface area contributed by atoms with Gasteiger partial charge in [-0.2, -0.15) is 0 Å². The first-order valence-corrected chi connectivity index (χ1v) is 27.6. The van der Waals surface area contributed by atoms with E-state index in [-0.39, 0.29) is 94.1 Å². The molecule has 0 radical (unpaired) electrons. The van der Waals surface area contributed by atoms with Gasteiger partial charge in [-0.05, 0) is 82.9 Å². The highest BCUT2D eigenvalue weighted by atomic mass is 31.2. The first-order chi connectivity index (χ1) is 30.6. The molecule has 6 N–H and O–H groups in total. The van der Waals surface area contributed by atoms with Crippen molar-refractivity contribution >= 4 is 40.5 Å². The van der Waals surface area contributed by atoms with Gasteiger partial charge in [-0.1, -0.05) is 0 Å². The predicted molar refractivity (Wildman–Crippen MR) is 251 cm³/mol. The smallest absolute Gasteiger partial charge is 0.345 e. The molecule has 0 saturated carbocycles. The minimum atomic E-state index is -3.67. The lowest BCUT2D eigenvalue weighted by Crippen LogP contribution is -2.51. The van der Waals surface area contributed by atoms with Gasteiger partial charge in [0.05, 0.1) is 68.8 Å². The number of nitrogens with one attached hydrogen (secondary N) is 2. The largest absolute Gasteiger partial charge is 0.370 e. The number of hydrogen-bond donors (Lipinski definition) is 4. The fourth-order valence-electron chi connectivity index (χ4n) is 8.67. The lowest BCUT2D eigenvalue weighted by Gasteiger charge is -2.44. The van der Waals surface area contributed by atoms with Crippen molar-refractivity contribution in [1.82, 2.24) is 43.8 Å². The Hall–Kier alpha value is -1.46. The van der Waals surface area contributed by atoms with Crippen molar-refractivity contribution in [2.75, 3.05) is 147 Å². The lowest BCUT2D eigenvalue weighted by molar-refractivity contribution is -0.134. The van der Waals surface area contributed by atoms with Gasteiger partial charge < -0.3 is 59.7 Å². The van der Waals surface area contributed by atoms with Gasteiger partial charge in [0.2, 0.25) is 5.91 Å². The number of morpholine rings is 3. The zero-order valence-corrected chi connectivity index (χ0v) is 43.2. The van der Waals surface area contributed by atoms with Crippen molar-refractivity contribution < 1.29 is 51.1 Å². The summed E-state index contributed by atoms with van der Waals surface area (Å²) in [5, 5.41) is 6.06. The van der Waals surface area contributed by atoms with Crippen molar-refractivity contribution in [2.24, 2.45) is 16.5 Å². The van der Waals surface area contributed by atoms with Crippen LogP contribution in [-0.2, 0) is 51.1 Å². The molecule has 10 unspecified atom stereocenters. The molecule has 4 fully saturated rings. The van der Waals surface area contributed by atoms with Gasteiger partial charge in [-0.15, -0.1) is 0 Å². The van der Waals surface area contributed by atoms with E-state index < -0.39 is 41.1 Å². The summed E-state index contributed by atoms with van der Waals surface area (Å²) in [5.74, 6) is -0.184. The molecule has 4 aliphatic rings. The Morgan fingerprint density at radius 1 is 0.723 bits per heavy atom. The summed E-state index contributed by atoms with van der Waals surface area (Å²) in [6.07, 6.45) is -0.474. The number of piperazine rings is 1. The topological polar surface area (TPSA) is 252 Å². The second-order valence-corrected chi connectivity index (χ2v) is 25.6. The molecule has 0 bridgehead atoms. The monoisotopic (exact) mass is 987 g/mol. The van der Waals surface area contributed by atoms with Crippen molar-refractivity contribution in [3.63, 3.8) is 0 Å². The standard InChI is InChI=1S/C39H81N12O11P3/c1-30-20-47(10)23-33(60-30)26-57-63(54,29-42-4)50-21-31(2)61-34(24-50)27-59-65(56,46(8)9)51-22-32(3)62-35(25-51)28-58-64(55,45(6)7)49-18-16-48(17-19-49)38(53)14-13-37(52)36(43-5)12-11-15-44-39(40)41/h30-36,42-43H,11-29H2,1-10H3,(H4,40,41,44). The van der Waals surface area contributed by atoms with E-state index in [0.717, 1.165) is 6.54 Å². The summed E-state index contributed by atoms with van der Waals surface area (Å²) in [7, 11) is 1.65. The number of guanidine groups is 1. The Bertz CT molecular complexity index is 1680. The molecule has 0 spiro atoms. The Kier molecular flexibility index (Phi) is 22.4. The molecular formula is C39H81N12O11P3. The summed E-state index contributed by atoms with van der Waals surface area (Å²) in [5.41, 5.74) is 10.8. The first kappa shape index (κ1) is 56.1. The van der Waals surface area contributed by atoms with E-state index in [1.807, 2.05) is 32.5 Å². The van der Waals surface area contributed by atoms with Crippen LogP contribution in [0.1, 0.15) is 46.5 Å². The number of carbonyl (C=O) groups is 2. The molecule has 23 nitrogen and oxygen atoms in total. The fourth-order valence-corrected chi connectivity index (χ4v) is 14.9. The molecule has 26 heteroatoms. The van der Waals surface area contributed by atoms with Crippen LogP contribution in [0.15, 0.2) is 4.99 Å². The maximum atomic E-state index is 14.9. The van der Waals surface area contributed by atoms with Gasteiger partial charge in [0.15, 0.2) is 5.96 Å². The number of ketones is 1. The van der Waals surface area contributed by atoms with E-state index in [0.29, 0.717) is 65.2 Å². The molecule has 4 heterocycles. The fraction of sp³-hybridized carbons (Fsp3) is 0.923. The van der Waals surface area contributed by atoms with Crippen LogP contribution in [0.3, 0.4) is 0 Å². The van der Waals surface area contributed by atoms with Crippen molar-refractivity contribution in [2.45, 2.75) is 89.1 Å². The van der Waals surface area contributed by atoms with Gasteiger partial charge in [0.25, 0.3) is 7.52 Å². The quantitative estimate of drug-likeness (QED) is 0.0427. The molecule has 0 aliphatic carbocycles. The molecule has 0 aromatic carbocycles. The third kappa shape index (κ3) is 16.3. The van der Waals surface area contributed by atoms with E-state index >= 15 is 0 Å². The van der Waals surface area contributed by atoms with Crippen LogP contribution in [0.2, 0.25) is 0 Å². The van der Waals surface area contributed by atoms with Crippen LogP contribution in [0.25, 0.3) is 0 Å². The molecule has 65 heavy (non-hydrogen) atoms. The van der Waals surface area contributed by atoms with Crippen LogP contribution in [0.4, 0.5) is 0 Å². The average molecular weight is 987 g/mol. The van der Waals surface area contributed by atoms with E-state index in [1.54, 1.807) is 65.9 Å². The van der Waals surface area contributed by atoms with Crippen LogP contribution >= 0.6 is 22.9 Å². The summed E-state index contributed by atoms with van der Waals surface area (Å²) < 4.78 is 89.8. The maximum Gasteiger partial charge on any atom is 0.345 e. The molecule has 378 valence electrons. The third-order valence-electron chi connectivity index (χ3n) is 11.8. The number of Topliss-reactive ketones (excluding diaryl/α,β-unsaturated/α-hetero) is 1. The van der Waals surface area contributed by atoms with Crippen molar-refractivity contribution in [3.8, 4) is 0 Å². The summed E-state index contributed by atoms with van der Waals surface area (Å²) in [6.45, 7) is 10.2. The van der Waals surface area contributed by atoms with Crippen LogP contribution in [-0.4, -0.2) is 241 Å². The molecule has 1 amide bonds. The number of rotatable bonds is 25. The normalized spacial score (nSPS) is 29.0. The van der Waals surface area contributed by atoms with E-state index in [4.69, 9.17) is 39.2 Å². The molecule has 4 rings (SSSR count). The predicted octanol–water partition coefficient (Wildman–Crippen LogP) is 0.778. The van der Waals surface area contributed by atoms with Crippen LogP contribution in [0.5, 0.6) is 0 Å². The second kappa shape index (κ2) is 25.9. The molecule has 10 atom stereocenters. The van der Waals surface area contributed by atoms with Gasteiger partial charge in [0, 0.05) is 84.8 Å². The minimum absolute atomic E-state index is 0.00769. The van der Waals surface area contributed by atoms with Crippen LogP contribution in [0, 0.1) is 0 Å². The molecule has 0 aromatic rings. The molecular weight excluding hydrogens is 905 g/mol. The number of carbonyl (C=O) groups excluding carboxylic acids is 2. The average Bonchev–Trinajstić information content (AvgIpc) is 3.25. The SMILES string of the molecule is CNCP(=O)(OCC1CN(C)CC(C)O1)N1CC(C)OC(COP(=O)(N(C)C)N2CC(C)OC(COP(=O)(N(C)C)N3CCN(C(=O)CCC(=O)C(CCCN=C(N)N)NC)CC3)C2)C1. The second-order valence-electron chi connectivity index (χ2n) is 18.0. The summed E-state index contributed by atoms with van der Waals surface area (Å²) in [6, 6.07) is -0.397. The summed E-state index contributed by atoms with van der Waals surface area (Å²) in [4.78, 5) is 33.9. The number of hydrogen-bond acceptors (Lipinski definition) is 15. The van der Waals surface area contributed by atoms with Crippen molar-refractivity contribution in [1.29, 1.82) is 0 Å². The van der Waals surface area contributed by atoms with E-state index in [2.05, 4.69) is 20.5 Å². The van der Waals surface area contributed by atoms with Crippen LogP contribution < -0.4 is 22.1 Å². The third-order valence-corrected chi connectivity index (χ3v) is 19.4. The first-order valence-electron chi connectivity index (χ1n) is 22.8. The number of amides is 1. The van der Waals surface area contributed by atoms with Gasteiger partial charge in [-0.25, -0.2) is 23.4 Å². The van der Waals surface area contributed by atoms with E-state index in [9.17, 15) is 23.3 Å². The maximum absolute atomic E-state index is 14.9. The molecule has 4 aliphatic heterocycles. The number of nitrogens with zero attached hydrogens (tertiary/aromatic N) is 8. The number of aliphatic imine (C=N–C) groups is 1. The number of nitrogens with two attached hydrogens (primary N) is 2. The number of likely N-dealkylation sites (N-methyl/N-ethyl adjacent to an activating group) is 2. The highest BCUT2D eigenvalue weighted by Gasteiger charge is 2.45. The Morgan fingerprint density at radius 3 is 1.75 bits per heavy atom. The number of ether oxygens (including phenoxy) is 3. The zero-order valence-electron chi connectivity index (χ0n) is 40.5. The molecule has 4 saturated heterocycles. The van der Waals surface area contributed by atoms with Gasteiger partial charge in [0.1, 0.15) is 5.78 Å². The Labute approximate surface area is 387 Å². The Morgan fingerprint density at radius 2 is 1.23 bits per heavy atom.